The second kappa shape index (κ2) is 18.0. The summed E-state index contributed by atoms with van der Waals surface area (Å²) in [5, 5.41) is 0. The Balaban J connectivity index is 1.89. The van der Waals surface area contributed by atoms with E-state index in [1.165, 1.54) is 89.9 Å². The standard InChI is InChI=1S/C26H43NO3/c1-2-3-4-5-6-7-8-9-10-11-12-13-14-15-16-19-22-30-26(29)24-21-18-17-20-23(24)25(27)28/h17-18,20-21H,2-16,19,22H2,1H3,(H2,27,28). The minimum atomic E-state index is -0.607. The third-order valence-electron chi connectivity index (χ3n) is 5.64. The lowest BCUT2D eigenvalue weighted by atomic mass is 10.0. The van der Waals surface area contributed by atoms with Crippen LogP contribution in [0.4, 0.5) is 0 Å². The first-order valence-corrected chi connectivity index (χ1v) is 12.2. The molecule has 0 saturated carbocycles. The molecule has 0 bridgehead atoms. The molecule has 0 heterocycles. The van der Waals surface area contributed by atoms with Gasteiger partial charge in [0.1, 0.15) is 0 Å². The second-order valence-electron chi connectivity index (χ2n) is 8.35. The number of carbonyl (C=O) groups excluding carboxylic acids is 2. The Morgan fingerprint density at radius 3 is 1.50 bits per heavy atom. The molecule has 30 heavy (non-hydrogen) atoms. The van der Waals surface area contributed by atoms with Gasteiger partial charge in [-0.3, -0.25) is 4.79 Å². The van der Waals surface area contributed by atoms with Gasteiger partial charge in [0.2, 0.25) is 5.91 Å². The van der Waals surface area contributed by atoms with E-state index in [4.69, 9.17) is 10.5 Å². The third-order valence-corrected chi connectivity index (χ3v) is 5.64. The van der Waals surface area contributed by atoms with E-state index >= 15 is 0 Å². The van der Waals surface area contributed by atoms with Crippen LogP contribution in [0.25, 0.3) is 0 Å². The van der Waals surface area contributed by atoms with E-state index in [1.807, 2.05) is 0 Å². The highest BCUT2D eigenvalue weighted by Crippen LogP contribution is 2.14. The van der Waals surface area contributed by atoms with Crippen molar-refractivity contribution in [3.8, 4) is 0 Å². The molecule has 1 aromatic rings. The summed E-state index contributed by atoms with van der Waals surface area (Å²) in [4.78, 5) is 23.5. The van der Waals surface area contributed by atoms with E-state index < -0.39 is 11.9 Å². The summed E-state index contributed by atoms with van der Waals surface area (Å²) in [6, 6.07) is 6.52. The Kier molecular flexibility index (Phi) is 15.7. The average molecular weight is 418 g/mol. The lowest BCUT2D eigenvalue weighted by Crippen LogP contribution is -2.17. The Morgan fingerprint density at radius 2 is 1.07 bits per heavy atom. The molecule has 0 fully saturated rings. The molecule has 2 N–H and O–H groups in total. The number of esters is 1. The normalized spacial score (nSPS) is 10.8. The van der Waals surface area contributed by atoms with Gasteiger partial charge in [0, 0.05) is 0 Å². The van der Waals surface area contributed by atoms with Crippen molar-refractivity contribution in [1.29, 1.82) is 0 Å². The maximum atomic E-state index is 12.1. The van der Waals surface area contributed by atoms with E-state index in [-0.39, 0.29) is 11.1 Å². The fourth-order valence-electron chi connectivity index (χ4n) is 3.77. The molecule has 0 saturated heterocycles. The van der Waals surface area contributed by atoms with Gasteiger partial charge in [0.15, 0.2) is 0 Å². The molecule has 0 aromatic heterocycles. The van der Waals surface area contributed by atoms with Crippen LogP contribution in [0, 0.1) is 0 Å². The van der Waals surface area contributed by atoms with Crippen LogP contribution in [0.3, 0.4) is 0 Å². The van der Waals surface area contributed by atoms with Crippen LogP contribution >= 0.6 is 0 Å². The molecule has 4 nitrogen and oxygen atoms in total. The van der Waals surface area contributed by atoms with Gasteiger partial charge in [-0.25, -0.2) is 4.79 Å². The maximum absolute atomic E-state index is 12.1. The average Bonchev–Trinajstić information content (AvgIpc) is 2.75. The van der Waals surface area contributed by atoms with Crippen LogP contribution < -0.4 is 5.73 Å². The lowest BCUT2D eigenvalue weighted by Gasteiger charge is -2.07. The van der Waals surface area contributed by atoms with Crippen molar-refractivity contribution in [2.45, 2.75) is 110 Å². The van der Waals surface area contributed by atoms with Crippen LogP contribution in [-0.2, 0) is 4.74 Å². The minimum Gasteiger partial charge on any atom is -0.462 e. The van der Waals surface area contributed by atoms with Crippen LogP contribution in [-0.4, -0.2) is 18.5 Å². The minimum absolute atomic E-state index is 0.217. The summed E-state index contributed by atoms with van der Waals surface area (Å²) < 4.78 is 5.29. The van der Waals surface area contributed by atoms with Gasteiger partial charge in [-0.1, -0.05) is 115 Å². The molecule has 0 radical (unpaired) electrons. The zero-order valence-corrected chi connectivity index (χ0v) is 19.1. The van der Waals surface area contributed by atoms with Crippen LogP contribution in [0.5, 0.6) is 0 Å². The first-order valence-electron chi connectivity index (χ1n) is 12.2. The van der Waals surface area contributed by atoms with Crippen LogP contribution in [0.15, 0.2) is 24.3 Å². The molecular formula is C26H43NO3. The van der Waals surface area contributed by atoms with Crippen LogP contribution in [0.2, 0.25) is 0 Å². The topological polar surface area (TPSA) is 69.4 Å². The van der Waals surface area contributed by atoms with Gasteiger partial charge < -0.3 is 10.5 Å². The quantitative estimate of drug-likeness (QED) is 0.191. The van der Waals surface area contributed by atoms with E-state index in [9.17, 15) is 9.59 Å². The van der Waals surface area contributed by atoms with Gasteiger partial charge in [0.25, 0.3) is 0 Å². The molecule has 1 aromatic carbocycles. The van der Waals surface area contributed by atoms with Crippen LogP contribution in [0.1, 0.15) is 130 Å². The molecule has 170 valence electrons. The SMILES string of the molecule is CCCCCCCCCCCCCCCCCCOC(=O)c1ccccc1C(N)=O. The Morgan fingerprint density at radius 1 is 0.667 bits per heavy atom. The summed E-state index contributed by atoms with van der Waals surface area (Å²) in [6.07, 6.45) is 21.0. The summed E-state index contributed by atoms with van der Waals surface area (Å²) >= 11 is 0. The number of primary amides is 1. The number of unbranched alkanes of at least 4 members (excludes halogenated alkanes) is 15. The van der Waals surface area contributed by atoms with E-state index in [2.05, 4.69) is 6.92 Å². The van der Waals surface area contributed by atoms with Crippen molar-refractivity contribution in [2.24, 2.45) is 5.73 Å². The Hall–Kier alpha value is -1.84. The van der Waals surface area contributed by atoms with Crippen molar-refractivity contribution in [3.63, 3.8) is 0 Å². The number of ether oxygens (including phenoxy) is 1. The molecule has 4 heteroatoms. The summed E-state index contributed by atoms with van der Waals surface area (Å²) in [5.74, 6) is -1.07. The molecular weight excluding hydrogens is 374 g/mol. The zero-order chi connectivity index (χ0) is 21.9. The van der Waals surface area contributed by atoms with Gasteiger partial charge in [0.05, 0.1) is 17.7 Å². The van der Waals surface area contributed by atoms with Crippen molar-refractivity contribution >= 4 is 11.9 Å². The molecule has 0 aliphatic heterocycles. The van der Waals surface area contributed by atoms with Crippen molar-refractivity contribution in [1.82, 2.24) is 0 Å². The monoisotopic (exact) mass is 417 g/mol. The highest BCUT2D eigenvalue weighted by Gasteiger charge is 2.15. The van der Waals surface area contributed by atoms with Crippen molar-refractivity contribution in [2.75, 3.05) is 6.61 Å². The zero-order valence-electron chi connectivity index (χ0n) is 19.1. The molecule has 1 amide bonds. The number of rotatable bonds is 19. The smallest absolute Gasteiger partial charge is 0.338 e. The maximum Gasteiger partial charge on any atom is 0.338 e. The van der Waals surface area contributed by atoms with E-state index in [1.54, 1.807) is 24.3 Å². The number of amides is 1. The Labute approximate surface area is 184 Å². The largest absolute Gasteiger partial charge is 0.462 e. The van der Waals surface area contributed by atoms with Gasteiger partial charge in [-0.05, 0) is 18.6 Å². The predicted octanol–water partition coefficient (Wildman–Crippen LogP) is 7.20. The second-order valence-corrected chi connectivity index (χ2v) is 8.35. The molecule has 0 aliphatic carbocycles. The number of hydrogen-bond donors (Lipinski definition) is 1. The summed E-state index contributed by atoms with van der Waals surface area (Å²) in [5.41, 5.74) is 5.77. The molecule has 0 atom stereocenters. The fourth-order valence-corrected chi connectivity index (χ4v) is 3.77. The van der Waals surface area contributed by atoms with Crippen molar-refractivity contribution < 1.29 is 14.3 Å². The number of nitrogens with two attached hydrogens (primary N) is 1. The highest BCUT2D eigenvalue weighted by atomic mass is 16.5. The lowest BCUT2D eigenvalue weighted by molar-refractivity contribution is 0.0494. The van der Waals surface area contributed by atoms with E-state index in [0.717, 1.165) is 12.8 Å². The van der Waals surface area contributed by atoms with Gasteiger partial charge in [-0.2, -0.15) is 0 Å². The third kappa shape index (κ3) is 12.7. The molecule has 0 aliphatic rings. The Bertz CT molecular complexity index is 585. The number of carbonyl (C=O) groups is 2. The first kappa shape index (κ1) is 26.2. The highest BCUT2D eigenvalue weighted by molar-refractivity contribution is 6.04. The number of benzene rings is 1. The summed E-state index contributed by atoms with van der Waals surface area (Å²) in [6.45, 7) is 2.66. The van der Waals surface area contributed by atoms with E-state index in [0.29, 0.717) is 6.61 Å². The summed E-state index contributed by atoms with van der Waals surface area (Å²) in [7, 11) is 0. The van der Waals surface area contributed by atoms with Gasteiger partial charge in [-0.15, -0.1) is 0 Å². The molecule has 0 spiro atoms. The van der Waals surface area contributed by atoms with Crippen molar-refractivity contribution in [3.05, 3.63) is 35.4 Å². The first-order chi connectivity index (χ1) is 14.7. The number of hydrogen-bond acceptors (Lipinski definition) is 3. The molecule has 1 rings (SSSR count). The predicted molar refractivity (Wildman–Crippen MR) is 125 cm³/mol. The fraction of sp³-hybridized carbons (Fsp3) is 0.692. The van der Waals surface area contributed by atoms with Gasteiger partial charge >= 0.3 is 5.97 Å². The molecule has 0 unspecified atom stereocenters.